The number of rotatable bonds is 9. The van der Waals surface area contributed by atoms with Gasteiger partial charge in [-0.1, -0.05) is 12.1 Å². The lowest BCUT2D eigenvalue weighted by molar-refractivity contribution is -0.129. The molecule has 37 heavy (non-hydrogen) atoms. The molecule has 2 aromatic rings. The van der Waals surface area contributed by atoms with Crippen LogP contribution in [0.2, 0.25) is 0 Å². The van der Waals surface area contributed by atoms with Crippen LogP contribution < -0.4 is 16.0 Å². The summed E-state index contributed by atoms with van der Waals surface area (Å²) in [7, 11) is 1.93. The first-order valence-electron chi connectivity index (χ1n) is 13.3. The molecule has 1 unspecified atom stereocenters. The smallest absolute Gasteiger partial charge is 0.271 e. The second-order valence-corrected chi connectivity index (χ2v) is 10.8. The van der Waals surface area contributed by atoms with Crippen LogP contribution in [0.15, 0.2) is 30.5 Å². The number of amides is 2. The van der Waals surface area contributed by atoms with E-state index in [-0.39, 0.29) is 17.6 Å². The lowest BCUT2D eigenvalue weighted by atomic mass is 9.89. The topological polar surface area (TPSA) is 108 Å². The van der Waals surface area contributed by atoms with Crippen molar-refractivity contribution in [1.82, 2.24) is 19.8 Å². The van der Waals surface area contributed by atoms with Gasteiger partial charge in [-0.25, -0.2) is 9.97 Å². The molecule has 1 aromatic carbocycles. The summed E-state index contributed by atoms with van der Waals surface area (Å²) in [6.45, 7) is 3.67. The van der Waals surface area contributed by atoms with Gasteiger partial charge in [-0.15, -0.1) is 11.6 Å². The zero-order chi connectivity index (χ0) is 25.9. The molecule has 3 heterocycles. The standard InChI is InChI=1S/C27H36ClN7O2/c1-33(22-11-15-35(17-22)24(36)8-12-28)23-16-30-25(26(29)37)27(32-23)31-20-4-2-18(3-5-20)19-9-13-34(14-10-19)21-6-7-21/h2-5,16,19,21-22H,6-15,17H2,1H3,(H2,29,37)(H,31,32). The number of anilines is 3. The summed E-state index contributed by atoms with van der Waals surface area (Å²) in [5, 5.41) is 3.26. The molecule has 2 saturated heterocycles. The number of likely N-dealkylation sites (tertiary alicyclic amines) is 2. The second-order valence-electron chi connectivity index (χ2n) is 10.4. The molecule has 3 aliphatic rings. The average molecular weight is 526 g/mol. The van der Waals surface area contributed by atoms with E-state index >= 15 is 0 Å². The van der Waals surface area contributed by atoms with E-state index in [2.05, 4.69) is 27.3 Å². The van der Waals surface area contributed by atoms with Crippen molar-refractivity contribution in [1.29, 1.82) is 0 Å². The van der Waals surface area contributed by atoms with Crippen LogP contribution in [0.3, 0.4) is 0 Å². The minimum atomic E-state index is -0.637. The lowest BCUT2D eigenvalue weighted by Gasteiger charge is -2.32. The van der Waals surface area contributed by atoms with Crippen molar-refractivity contribution < 1.29 is 9.59 Å². The van der Waals surface area contributed by atoms with Gasteiger partial charge in [-0.05, 0) is 68.8 Å². The van der Waals surface area contributed by atoms with Crippen LogP contribution in [0.25, 0.3) is 0 Å². The highest BCUT2D eigenvalue weighted by Crippen LogP contribution is 2.35. The van der Waals surface area contributed by atoms with Gasteiger partial charge in [0.25, 0.3) is 5.91 Å². The Labute approximate surface area is 223 Å². The molecule has 9 nitrogen and oxygen atoms in total. The van der Waals surface area contributed by atoms with E-state index in [4.69, 9.17) is 22.3 Å². The Morgan fingerprint density at radius 1 is 1.11 bits per heavy atom. The number of hydrogen-bond acceptors (Lipinski definition) is 7. The van der Waals surface area contributed by atoms with Gasteiger partial charge in [0.1, 0.15) is 5.82 Å². The minimum Gasteiger partial charge on any atom is -0.364 e. The number of likely N-dealkylation sites (N-methyl/N-ethyl adjacent to an activating group) is 1. The first-order valence-corrected chi connectivity index (χ1v) is 13.8. The lowest BCUT2D eigenvalue weighted by Crippen LogP contribution is -2.37. The number of nitrogens with zero attached hydrogens (tertiary/aromatic N) is 5. The predicted molar refractivity (Wildman–Crippen MR) is 146 cm³/mol. The summed E-state index contributed by atoms with van der Waals surface area (Å²) in [4.78, 5) is 39.8. The van der Waals surface area contributed by atoms with Gasteiger partial charge in [-0.3, -0.25) is 9.59 Å². The van der Waals surface area contributed by atoms with Crippen molar-refractivity contribution in [2.45, 2.75) is 56.5 Å². The molecule has 5 rings (SSSR count). The monoisotopic (exact) mass is 525 g/mol. The van der Waals surface area contributed by atoms with Crippen LogP contribution >= 0.6 is 11.6 Å². The number of benzene rings is 1. The molecule has 2 amide bonds. The Hall–Kier alpha value is -2.91. The van der Waals surface area contributed by atoms with E-state index in [1.165, 1.54) is 44.3 Å². The van der Waals surface area contributed by atoms with E-state index in [1.54, 1.807) is 6.20 Å². The molecule has 10 heteroatoms. The molecule has 1 atom stereocenters. The van der Waals surface area contributed by atoms with Gasteiger partial charge in [0.05, 0.1) is 6.20 Å². The maximum absolute atomic E-state index is 12.2. The molecule has 0 bridgehead atoms. The number of piperidine rings is 1. The maximum atomic E-state index is 12.2. The fourth-order valence-corrected chi connectivity index (χ4v) is 5.70. The van der Waals surface area contributed by atoms with Crippen LogP contribution in [-0.2, 0) is 4.79 Å². The molecule has 2 aliphatic heterocycles. The summed E-state index contributed by atoms with van der Waals surface area (Å²) in [6.07, 6.45) is 7.87. The van der Waals surface area contributed by atoms with Crippen molar-refractivity contribution >= 4 is 40.7 Å². The second kappa shape index (κ2) is 11.2. The van der Waals surface area contributed by atoms with E-state index in [0.29, 0.717) is 42.9 Å². The van der Waals surface area contributed by atoms with Crippen LogP contribution in [0, 0.1) is 0 Å². The number of carbonyl (C=O) groups excluding carboxylic acids is 2. The SMILES string of the molecule is CN(c1cnc(C(N)=O)c(Nc2ccc(C3CCN(C4CC4)CC3)cc2)n1)C1CCN(C(=O)CCCl)C1. The number of aromatic nitrogens is 2. The summed E-state index contributed by atoms with van der Waals surface area (Å²) < 4.78 is 0. The summed E-state index contributed by atoms with van der Waals surface area (Å²) in [5.74, 6) is 1.29. The molecule has 0 radical (unpaired) electrons. The highest BCUT2D eigenvalue weighted by Gasteiger charge is 2.32. The van der Waals surface area contributed by atoms with E-state index < -0.39 is 5.91 Å². The molecular weight excluding hydrogens is 490 g/mol. The highest BCUT2D eigenvalue weighted by atomic mass is 35.5. The molecule has 198 valence electrons. The fourth-order valence-electron chi connectivity index (χ4n) is 5.54. The van der Waals surface area contributed by atoms with E-state index in [0.717, 1.165) is 18.2 Å². The van der Waals surface area contributed by atoms with Gasteiger partial charge >= 0.3 is 0 Å². The quantitative estimate of drug-likeness (QED) is 0.483. The third-order valence-electron chi connectivity index (χ3n) is 7.96. The van der Waals surface area contributed by atoms with Crippen molar-refractivity contribution in [3.05, 3.63) is 41.7 Å². The number of halogens is 1. The Morgan fingerprint density at radius 2 is 1.84 bits per heavy atom. The number of hydrogen-bond donors (Lipinski definition) is 2. The van der Waals surface area contributed by atoms with Gasteiger partial charge in [-0.2, -0.15) is 0 Å². The predicted octanol–water partition coefficient (Wildman–Crippen LogP) is 3.33. The molecule has 1 aliphatic carbocycles. The van der Waals surface area contributed by atoms with Crippen LogP contribution in [0.5, 0.6) is 0 Å². The Morgan fingerprint density at radius 3 is 2.49 bits per heavy atom. The Bertz CT molecular complexity index is 1120. The zero-order valence-electron chi connectivity index (χ0n) is 21.4. The zero-order valence-corrected chi connectivity index (χ0v) is 22.2. The van der Waals surface area contributed by atoms with Crippen LogP contribution in [0.4, 0.5) is 17.3 Å². The largest absolute Gasteiger partial charge is 0.364 e. The average Bonchev–Trinajstić information content (AvgIpc) is 3.64. The molecule has 0 spiro atoms. The van der Waals surface area contributed by atoms with Gasteiger partial charge in [0.15, 0.2) is 11.5 Å². The van der Waals surface area contributed by atoms with Gasteiger partial charge in [0, 0.05) is 50.2 Å². The Kier molecular flexibility index (Phi) is 7.81. The first kappa shape index (κ1) is 25.7. The summed E-state index contributed by atoms with van der Waals surface area (Å²) in [5.41, 5.74) is 7.88. The van der Waals surface area contributed by atoms with Crippen molar-refractivity contribution in [3.63, 3.8) is 0 Å². The normalized spacial score (nSPS) is 20.7. The van der Waals surface area contributed by atoms with Crippen LogP contribution in [0.1, 0.15) is 60.5 Å². The van der Waals surface area contributed by atoms with Crippen molar-refractivity contribution in [2.24, 2.45) is 5.73 Å². The maximum Gasteiger partial charge on any atom is 0.271 e. The fraction of sp³-hybridized carbons (Fsp3) is 0.556. The van der Waals surface area contributed by atoms with Gasteiger partial charge in [0.2, 0.25) is 5.91 Å². The molecule has 3 fully saturated rings. The van der Waals surface area contributed by atoms with Crippen molar-refractivity contribution in [2.75, 3.05) is 49.3 Å². The summed E-state index contributed by atoms with van der Waals surface area (Å²) >= 11 is 5.74. The first-order chi connectivity index (χ1) is 17.9. The molecular formula is C27H36ClN7O2. The number of nitrogens with one attached hydrogen (secondary N) is 1. The number of alkyl halides is 1. The van der Waals surface area contributed by atoms with E-state index in [1.807, 2.05) is 29.0 Å². The molecule has 1 saturated carbocycles. The van der Waals surface area contributed by atoms with E-state index in [9.17, 15) is 9.59 Å². The van der Waals surface area contributed by atoms with Gasteiger partial charge < -0.3 is 25.8 Å². The third-order valence-corrected chi connectivity index (χ3v) is 8.15. The summed E-state index contributed by atoms with van der Waals surface area (Å²) in [6, 6.07) is 9.34. The number of carbonyl (C=O) groups is 2. The third kappa shape index (κ3) is 5.99. The Balaban J connectivity index is 1.26. The van der Waals surface area contributed by atoms with Crippen LogP contribution in [-0.4, -0.2) is 82.8 Å². The number of primary amides is 1. The minimum absolute atomic E-state index is 0.0697. The molecule has 1 aromatic heterocycles. The van der Waals surface area contributed by atoms with Crippen molar-refractivity contribution in [3.8, 4) is 0 Å². The highest BCUT2D eigenvalue weighted by molar-refractivity contribution is 6.18. The molecule has 3 N–H and O–H groups in total. The number of nitrogens with two attached hydrogens (primary N) is 1.